The molecule has 2 nitrogen and oxygen atoms in total. The Hall–Kier alpha value is -1.23. The summed E-state index contributed by atoms with van der Waals surface area (Å²) in [5, 5.41) is 3.82. The number of anilines is 1. The van der Waals surface area contributed by atoms with Crippen LogP contribution in [0.1, 0.15) is 0 Å². The third-order valence-corrected chi connectivity index (χ3v) is 5.29. The molecule has 1 aromatic heterocycles. The number of rotatable bonds is 3. The van der Waals surface area contributed by atoms with E-state index >= 15 is 0 Å². The van der Waals surface area contributed by atoms with Crippen molar-refractivity contribution in [1.82, 2.24) is 4.98 Å². The second-order valence-electron chi connectivity index (χ2n) is 3.94. The normalized spacial score (nSPS) is 10.8. The van der Waals surface area contributed by atoms with E-state index in [0.29, 0.717) is 0 Å². The molecule has 0 aliphatic carbocycles. The number of nitrogens with one attached hydrogen (secondary N) is 1. The summed E-state index contributed by atoms with van der Waals surface area (Å²) in [6.07, 6.45) is 0. The number of aromatic nitrogens is 1. The summed E-state index contributed by atoms with van der Waals surface area (Å²) in [4.78, 5) is 5.63. The lowest BCUT2D eigenvalue weighted by Crippen LogP contribution is -1.87. The Bertz CT molecular complexity index is 691. The molecule has 0 amide bonds. The van der Waals surface area contributed by atoms with Crippen LogP contribution in [0.4, 0.5) is 5.69 Å². The molecule has 96 valence electrons. The smallest absolute Gasteiger partial charge is 0.155 e. The van der Waals surface area contributed by atoms with Gasteiger partial charge in [-0.25, -0.2) is 4.98 Å². The molecule has 3 rings (SSSR count). The van der Waals surface area contributed by atoms with Crippen LogP contribution in [0.2, 0.25) is 5.02 Å². The number of nitrogens with zero attached hydrogens (tertiary/aromatic N) is 1. The van der Waals surface area contributed by atoms with E-state index in [9.17, 15) is 0 Å². The van der Waals surface area contributed by atoms with E-state index in [0.717, 1.165) is 25.5 Å². The topological polar surface area (TPSA) is 24.9 Å². The van der Waals surface area contributed by atoms with Crippen LogP contribution in [-0.4, -0.2) is 12.0 Å². The summed E-state index contributed by atoms with van der Waals surface area (Å²) in [7, 11) is 1.88. The Morgan fingerprint density at radius 3 is 2.79 bits per heavy atom. The van der Waals surface area contributed by atoms with Gasteiger partial charge >= 0.3 is 0 Å². The predicted molar refractivity (Wildman–Crippen MR) is 84.7 cm³/mol. The van der Waals surface area contributed by atoms with Crippen molar-refractivity contribution in [3.63, 3.8) is 0 Å². The first-order chi connectivity index (χ1) is 9.26. The highest BCUT2D eigenvalue weighted by Gasteiger charge is 2.08. The van der Waals surface area contributed by atoms with Crippen LogP contribution in [-0.2, 0) is 0 Å². The monoisotopic (exact) mass is 306 g/mol. The number of thiazole rings is 1. The van der Waals surface area contributed by atoms with Gasteiger partial charge in [0.25, 0.3) is 0 Å². The lowest BCUT2D eigenvalue weighted by Gasteiger charge is -2.04. The summed E-state index contributed by atoms with van der Waals surface area (Å²) in [6, 6.07) is 14.1. The van der Waals surface area contributed by atoms with Crippen molar-refractivity contribution in [2.75, 3.05) is 12.4 Å². The summed E-state index contributed by atoms with van der Waals surface area (Å²) >= 11 is 9.57. The van der Waals surface area contributed by atoms with Crippen LogP contribution in [0.5, 0.6) is 0 Å². The van der Waals surface area contributed by atoms with Crippen LogP contribution in [0, 0.1) is 0 Å². The highest BCUT2D eigenvalue weighted by Crippen LogP contribution is 2.38. The Morgan fingerprint density at radius 1 is 1.21 bits per heavy atom. The number of fused-ring (bicyclic) bond motifs is 1. The lowest BCUT2D eigenvalue weighted by atomic mass is 10.3. The van der Waals surface area contributed by atoms with E-state index < -0.39 is 0 Å². The molecule has 2 aromatic carbocycles. The third kappa shape index (κ3) is 2.71. The number of para-hydroxylation sites is 1. The molecule has 0 radical (unpaired) electrons. The maximum Gasteiger partial charge on any atom is 0.155 e. The van der Waals surface area contributed by atoms with Gasteiger partial charge in [-0.05, 0) is 30.3 Å². The van der Waals surface area contributed by atoms with E-state index in [1.165, 1.54) is 4.70 Å². The van der Waals surface area contributed by atoms with E-state index in [-0.39, 0.29) is 0 Å². The van der Waals surface area contributed by atoms with E-state index in [1.807, 2.05) is 43.4 Å². The van der Waals surface area contributed by atoms with Crippen molar-refractivity contribution in [1.29, 1.82) is 0 Å². The predicted octanol–water partition coefficient (Wildman–Crippen LogP) is 5.14. The zero-order valence-electron chi connectivity index (χ0n) is 10.2. The molecule has 3 aromatic rings. The summed E-state index contributed by atoms with van der Waals surface area (Å²) in [5.74, 6) is 0. The molecule has 0 fully saturated rings. The molecule has 0 aliphatic rings. The van der Waals surface area contributed by atoms with Gasteiger partial charge in [0, 0.05) is 17.6 Å². The minimum absolute atomic E-state index is 0.746. The minimum Gasteiger partial charge on any atom is -0.388 e. The van der Waals surface area contributed by atoms with Gasteiger partial charge in [-0.3, -0.25) is 0 Å². The van der Waals surface area contributed by atoms with Gasteiger partial charge in [0.05, 0.1) is 15.2 Å². The van der Waals surface area contributed by atoms with Gasteiger partial charge in [0.2, 0.25) is 0 Å². The second kappa shape index (κ2) is 5.41. The van der Waals surface area contributed by atoms with E-state index in [4.69, 9.17) is 11.6 Å². The minimum atomic E-state index is 0.746. The first-order valence-corrected chi connectivity index (χ1v) is 7.78. The largest absolute Gasteiger partial charge is 0.388 e. The highest BCUT2D eigenvalue weighted by atomic mass is 35.5. The number of halogens is 1. The molecule has 5 heteroatoms. The van der Waals surface area contributed by atoms with Crippen molar-refractivity contribution < 1.29 is 0 Å². The SMILES string of the molecule is CNc1ccc(Sc2nc3ccccc3s2)c(Cl)c1. The van der Waals surface area contributed by atoms with Crippen molar-refractivity contribution >= 4 is 50.6 Å². The first kappa shape index (κ1) is 12.8. The van der Waals surface area contributed by atoms with Gasteiger partial charge in [-0.2, -0.15) is 0 Å². The van der Waals surface area contributed by atoms with Crippen molar-refractivity contribution in [3.05, 3.63) is 47.5 Å². The number of hydrogen-bond donors (Lipinski definition) is 1. The fraction of sp³-hybridized carbons (Fsp3) is 0.0714. The van der Waals surface area contributed by atoms with Gasteiger partial charge in [0.15, 0.2) is 4.34 Å². The van der Waals surface area contributed by atoms with Crippen LogP contribution in [0.25, 0.3) is 10.2 Å². The fourth-order valence-electron chi connectivity index (χ4n) is 1.73. The maximum atomic E-state index is 6.27. The van der Waals surface area contributed by atoms with Gasteiger partial charge in [-0.15, -0.1) is 11.3 Å². The quantitative estimate of drug-likeness (QED) is 0.725. The number of benzene rings is 2. The summed E-state index contributed by atoms with van der Waals surface area (Å²) in [6.45, 7) is 0. The van der Waals surface area contributed by atoms with Crippen molar-refractivity contribution in [3.8, 4) is 0 Å². The van der Waals surface area contributed by atoms with Crippen LogP contribution >= 0.6 is 34.7 Å². The van der Waals surface area contributed by atoms with Crippen LogP contribution in [0.15, 0.2) is 51.7 Å². The average molecular weight is 307 g/mol. The molecule has 0 atom stereocenters. The van der Waals surface area contributed by atoms with Gasteiger partial charge < -0.3 is 5.32 Å². The molecule has 1 heterocycles. The first-order valence-electron chi connectivity index (χ1n) is 5.77. The van der Waals surface area contributed by atoms with Gasteiger partial charge in [-0.1, -0.05) is 35.5 Å². The zero-order valence-corrected chi connectivity index (χ0v) is 12.6. The molecule has 0 saturated heterocycles. The second-order valence-corrected chi connectivity index (χ2v) is 6.67. The molecule has 19 heavy (non-hydrogen) atoms. The van der Waals surface area contributed by atoms with Crippen molar-refractivity contribution in [2.45, 2.75) is 9.24 Å². The molecule has 0 aliphatic heterocycles. The average Bonchev–Trinajstić information content (AvgIpc) is 2.83. The summed E-state index contributed by atoms with van der Waals surface area (Å²) < 4.78 is 2.22. The third-order valence-electron chi connectivity index (χ3n) is 2.69. The molecule has 1 N–H and O–H groups in total. The van der Waals surface area contributed by atoms with Crippen LogP contribution in [0.3, 0.4) is 0 Å². The van der Waals surface area contributed by atoms with E-state index in [1.54, 1.807) is 23.1 Å². The lowest BCUT2D eigenvalue weighted by molar-refractivity contribution is 1.29. The zero-order chi connectivity index (χ0) is 13.2. The summed E-state index contributed by atoms with van der Waals surface area (Å²) in [5.41, 5.74) is 2.05. The highest BCUT2D eigenvalue weighted by molar-refractivity contribution is 8.01. The maximum absolute atomic E-state index is 6.27. The number of hydrogen-bond acceptors (Lipinski definition) is 4. The van der Waals surface area contributed by atoms with Gasteiger partial charge in [0.1, 0.15) is 0 Å². The standard InChI is InChI=1S/C14H11ClN2S2/c1-16-9-6-7-12(10(15)8-9)18-14-17-11-4-2-3-5-13(11)19-14/h2-8,16H,1H3. The Labute approximate surface area is 124 Å². The van der Waals surface area contributed by atoms with E-state index in [2.05, 4.69) is 16.4 Å². The Balaban J connectivity index is 1.92. The Morgan fingerprint density at radius 2 is 2.05 bits per heavy atom. The molecular formula is C14H11ClN2S2. The Kier molecular flexibility index (Phi) is 3.64. The molecule has 0 spiro atoms. The molecule has 0 unspecified atom stereocenters. The molecule has 0 bridgehead atoms. The molecular weight excluding hydrogens is 296 g/mol. The van der Waals surface area contributed by atoms with Crippen molar-refractivity contribution in [2.24, 2.45) is 0 Å². The van der Waals surface area contributed by atoms with Crippen LogP contribution < -0.4 is 5.32 Å². The fourth-order valence-corrected chi connectivity index (χ4v) is 4.05. The molecule has 0 saturated carbocycles.